The van der Waals surface area contributed by atoms with E-state index in [0.29, 0.717) is 5.82 Å². The molecule has 27 heavy (non-hydrogen) atoms. The highest BCUT2D eigenvalue weighted by molar-refractivity contribution is 5.67. The smallest absolute Gasteiger partial charge is 0.0930 e. The van der Waals surface area contributed by atoms with Gasteiger partial charge in [-0.3, -0.25) is 4.68 Å². The highest BCUT2D eigenvalue weighted by Crippen LogP contribution is 2.38. The minimum Gasteiger partial charge on any atom is -0.386 e. The van der Waals surface area contributed by atoms with Crippen molar-refractivity contribution in [2.75, 3.05) is 12.4 Å². The Kier molecular flexibility index (Phi) is 6.56. The van der Waals surface area contributed by atoms with Gasteiger partial charge in [-0.05, 0) is 93.2 Å². The molecule has 2 aliphatic carbocycles. The van der Waals surface area contributed by atoms with Crippen molar-refractivity contribution in [3.63, 3.8) is 0 Å². The predicted octanol–water partition coefficient (Wildman–Crippen LogP) is 3.30. The third kappa shape index (κ3) is 4.35. The van der Waals surface area contributed by atoms with Crippen molar-refractivity contribution < 1.29 is 0 Å². The van der Waals surface area contributed by atoms with Crippen molar-refractivity contribution in [1.29, 1.82) is 0 Å². The molecule has 0 amide bonds. The highest BCUT2D eigenvalue weighted by Gasteiger charge is 2.23. The molecule has 0 saturated heterocycles. The standard InChI is InChI=1S/C14H18N2.C7H10N2.CH5N/c1-9(15)16-14-12-6-2-4-10(12)8-11-5-3-7-13(11)14;1-2-6-9-7(3-1)4-5-8-9;1-2/h8,16H,1-7,15H2;4-5H,1-3,6H2;2H2,1H3. The fourth-order valence-electron chi connectivity index (χ4n) is 4.47. The number of aromatic nitrogens is 2. The van der Waals surface area contributed by atoms with Crippen molar-refractivity contribution in [3.05, 3.63) is 58.7 Å². The summed E-state index contributed by atoms with van der Waals surface area (Å²) in [5, 5.41) is 7.46. The van der Waals surface area contributed by atoms with Crippen LogP contribution in [0.5, 0.6) is 0 Å². The molecule has 2 aromatic rings. The van der Waals surface area contributed by atoms with Crippen molar-refractivity contribution in [3.8, 4) is 0 Å². The summed E-state index contributed by atoms with van der Waals surface area (Å²) in [5.41, 5.74) is 18.9. The molecule has 5 rings (SSSR count). The van der Waals surface area contributed by atoms with Crippen LogP contribution < -0.4 is 16.8 Å². The van der Waals surface area contributed by atoms with E-state index in [1.54, 1.807) is 0 Å². The van der Waals surface area contributed by atoms with Gasteiger partial charge in [-0.25, -0.2) is 0 Å². The zero-order valence-corrected chi connectivity index (χ0v) is 16.6. The van der Waals surface area contributed by atoms with Crippen LogP contribution in [0.1, 0.15) is 53.6 Å². The molecule has 146 valence electrons. The first-order valence-electron chi connectivity index (χ1n) is 10.2. The lowest BCUT2D eigenvalue weighted by Crippen LogP contribution is -2.11. The Balaban J connectivity index is 0.000000162. The van der Waals surface area contributed by atoms with E-state index in [1.807, 2.05) is 6.20 Å². The van der Waals surface area contributed by atoms with E-state index in [4.69, 9.17) is 5.73 Å². The van der Waals surface area contributed by atoms with Crippen LogP contribution in [-0.2, 0) is 38.6 Å². The number of nitrogens with zero attached hydrogens (tertiary/aromatic N) is 2. The summed E-state index contributed by atoms with van der Waals surface area (Å²) in [4.78, 5) is 0. The molecule has 0 saturated carbocycles. The van der Waals surface area contributed by atoms with E-state index in [1.165, 1.54) is 98.5 Å². The molecule has 1 aromatic heterocycles. The topological polar surface area (TPSA) is 81.9 Å². The zero-order chi connectivity index (χ0) is 19.2. The van der Waals surface area contributed by atoms with Gasteiger partial charge < -0.3 is 16.8 Å². The van der Waals surface area contributed by atoms with Crippen LogP contribution in [-0.4, -0.2) is 16.8 Å². The lowest BCUT2D eigenvalue weighted by Gasteiger charge is -2.16. The predicted molar refractivity (Wildman–Crippen MR) is 113 cm³/mol. The number of benzene rings is 1. The quantitative estimate of drug-likeness (QED) is 0.761. The zero-order valence-electron chi connectivity index (χ0n) is 16.6. The first kappa shape index (κ1) is 19.5. The van der Waals surface area contributed by atoms with Gasteiger partial charge in [0.15, 0.2) is 0 Å². The summed E-state index contributed by atoms with van der Waals surface area (Å²) in [6.45, 7) is 4.90. The highest BCUT2D eigenvalue weighted by atomic mass is 15.3. The fraction of sp³-hybridized carbons (Fsp3) is 0.500. The Labute approximate surface area is 162 Å². The van der Waals surface area contributed by atoms with Gasteiger partial charge in [0.05, 0.1) is 5.82 Å². The first-order chi connectivity index (χ1) is 13.2. The largest absolute Gasteiger partial charge is 0.386 e. The van der Waals surface area contributed by atoms with E-state index in [2.05, 4.69) is 39.5 Å². The summed E-state index contributed by atoms with van der Waals surface area (Å²) in [5.74, 6) is 0.564. The molecular formula is C22H33N5. The second-order valence-corrected chi connectivity index (χ2v) is 7.39. The molecule has 5 N–H and O–H groups in total. The summed E-state index contributed by atoms with van der Waals surface area (Å²) in [6.07, 6.45) is 13.2. The summed E-state index contributed by atoms with van der Waals surface area (Å²) in [6, 6.07) is 4.54. The lowest BCUT2D eigenvalue weighted by atomic mass is 9.99. The average Bonchev–Trinajstić information content (AvgIpc) is 3.43. The van der Waals surface area contributed by atoms with Gasteiger partial charge in [-0.1, -0.05) is 12.6 Å². The number of nitrogens with two attached hydrogens (primary N) is 2. The Bertz CT molecular complexity index is 737. The van der Waals surface area contributed by atoms with Gasteiger partial charge >= 0.3 is 0 Å². The Morgan fingerprint density at radius 2 is 1.67 bits per heavy atom. The minimum absolute atomic E-state index is 0.564. The maximum atomic E-state index is 5.71. The normalized spacial score (nSPS) is 16.1. The Morgan fingerprint density at radius 3 is 2.26 bits per heavy atom. The molecule has 3 aliphatic rings. The second kappa shape index (κ2) is 9.09. The number of hydrogen-bond donors (Lipinski definition) is 3. The van der Waals surface area contributed by atoms with Gasteiger partial charge in [0.25, 0.3) is 0 Å². The lowest BCUT2D eigenvalue weighted by molar-refractivity contribution is 0.486. The average molecular weight is 368 g/mol. The maximum Gasteiger partial charge on any atom is 0.0930 e. The van der Waals surface area contributed by atoms with Crippen LogP contribution in [0, 0.1) is 0 Å². The third-order valence-electron chi connectivity index (χ3n) is 5.62. The number of anilines is 1. The molecule has 0 atom stereocenters. The molecule has 0 unspecified atom stereocenters. The maximum absolute atomic E-state index is 5.71. The molecule has 0 fully saturated rings. The van der Waals surface area contributed by atoms with Crippen molar-refractivity contribution in [1.82, 2.24) is 9.78 Å². The van der Waals surface area contributed by atoms with Crippen LogP contribution >= 0.6 is 0 Å². The van der Waals surface area contributed by atoms with Crippen LogP contribution in [0.15, 0.2) is 30.7 Å². The van der Waals surface area contributed by atoms with Crippen LogP contribution in [0.3, 0.4) is 0 Å². The third-order valence-corrected chi connectivity index (χ3v) is 5.62. The number of hydrogen-bond acceptors (Lipinski definition) is 4. The van der Waals surface area contributed by atoms with Crippen molar-refractivity contribution in [2.45, 2.75) is 64.3 Å². The van der Waals surface area contributed by atoms with Gasteiger partial charge in [0.2, 0.25) is 0 Å². The van der Waals surface area contributed by atoms with Crippen molar-refractivity contribution in [2.24, 2.45) is 11.5 Å². The Morgan fingerprint density at radius 1 is 1.00 bits per heavy atom. The second-order valence-electron chi connectivity index (χ2n) is 7.39. The molecule has 1 aliphatic heterocycles. The molecular weight excluding hydrogens is 334 g/mol. The van der Waals surface area contributed by atoms with Crippen LogP contribution in [0.25, 0.3) is 0 Å². The van der Waals surface area contributed by atoms with E-state index in [-0.39, 0.29) is 0 Å². The van der Waals surface area contributed by atoms with Gasteiger partial charge in [0.1, 0.15) is 0 Å². The summed E-state index contributed by atoms with van der Waals surface area (Å²) < 4.78 is 2.10. The van der Waals surface area contributed by atoms with Gasteiger partial charge in [0, 0.05) is 24.1 Å². The molecule has 2 heterocycles. The minimum atomic E-state index is 0.564. The summed E-state index contributed by atoms with van der Waals surface area (Å²) in [7, 11) is 1.50. The SMILES string of the molecule is C=C(N)Nc1c2c(cc3c1CCC3)CCC2.CN.c1cc2n(n1)CCCC2. The molecule has 5 nitrogen and oxygen atoms in total. The number of fused-ring (bicyclic) bond motifs is 3. The first-order valence-corrected chi connectivity index (χ1v) is 10.2. The van der Waals surface area contributed by atoms with Gasteiger partial charge in [-0.2, -0.15) is 5.10 Å². The van der Waals surface area contributed by atoms with E-state index >= 15 is 0 Å². The van der Waals surface area contributed by atoms with E-state index < -0.39 is 0 Å². The van der Waals surface area contributed by atoms with E-state index in [0.717, 1.165) is 6.54 Å². The molecule has 1 aromatic carbocycles. The molecule has 0 spiro atoms. The molecule has 5 heteroatoms. The van der Waals surface area contributed by atoms with Crippen LogP contribution in [0.2, 0.25) is 0 Å². The van der Waals surface area contributed by atoms with E-state index in [9.17, 15) is 0 Å². The number of rotatable bonds is 2. The van der Waals surface area contributed by atoms with Gasteiger partial charge in [-0.15, -0.1) is 0 Å². The Hall–Kier alpha value is -2.27. The number of nitrogens with one attached hydrogen (secondary N) is 1. The molecule has 0 radical (unpaired) electrons. The summed E-state index contributed by atoms with van der Waals surface area (Å²) >= 11 is 0. The number of aryl methyl sites for hydroxylation is 4. The monoisotopic (exact) mass is 367 g/mol. The van der Waals surface area contributed by atoms with Crippen LogP contribution in [0.4, 0.5) is 5.69 Å². The van der Waals surface area contributed by atoms with Crippen molar-refractivity contribution >= 4 is 5.69 Å². The fourth-order valence-corrected chi connectivity index (χ4v) is 4.47. The molecule has 0 bridgehead atoms.